The molecule has 0 unspecified atom stereocenters. The van der Waals surface area contributed by atoms with Crippen LogP contribution in [0.4, 0.5) is 14.0 Å². The molecular formula is C16H26FNO6S. The fourth-order valence-corrected chi connectivity index (χ4v) is 3.12. The summed E-state index contributed by atoms with van der Waals surface area (Å²) in [7, 11) is 1.06. The highest BCUT2D eigenvalue weighted by atomic mass is 32.2. The molecule has 1 aliphatic carbocycles. The second kappa shape index (κ2) is 6.66. The minimum Gasteiger partial charge on any atom is -0.467 e. The Labute approximate surface area is 151 Å². The zero-order chi connectivity index (χ0) is 19.8. The van der Waals surface area contributed by atoms with Crippen molar-refractivity contribution >= 4 is 29.9 Å². The normalized spacial score (nSPS) is 25.8. The molecule has 2 amide bonds. The number of ether oxygens (including phenoxy) is 3. The predicted octanol–water partition coefficient (Wildman–Crippen LogP) is 3.50. The van der Waals surface area contributed by atoms with Gasteiger partial charge in [-0.05, 0) is 47.8 Å². The van der Waals surface area contributed by atoms with Gasteiger partial charge in [-0.25, -0.2) is 18.8 Å². The predicted molar refractivity (Wildman–Crippen MR) is 91.0 cm³/mol. The van der Waals surface area contributed by atoms with Crippen molar-refractivity contribution in [2.75, 3.05) is 13.4 Å². The third kappa shape index (κ3) is 4.37. The fraction of sp³-hybridized carbons (Fsp3) is 0.812. The summed E-state index contributed by atoms with van der Waals surface area (Å²) >= 11 is 0.718. The van der Waals surface area contributed by atoms with Gasteiger partial charge in [0.2, 0.25) is 5.54 Å². The van der Waals surface area contributed by atoms with Crippen LogP contribution in [0.15, 0.2) is 0 Å². The van der Waals surface area contributed by atoms with E-state index in [9.17, 15) is 14.4 Å². The van der Waals surface area contributed by atoms with Crippen molar-refractivity contribution in [1.82, 2.24) is 4.90 Å². The number of methoxy groups -OCH3 is 1. The minimum atomic E-state index is -2.17. The molecule has 2 atom stereocenters. The average molecular weight is 379 g/mol. The van der Waals surface area contributed by atoms with Crippen LogP contribution in [-0.2, 0) is 19.0 Å². The molecule has 0 spiro atoms. The molecule has 0 bridgehead atoms. The monoisotopic (exact) mass is 379 g/mol. The molecule has 1 aliphatic rings. The molecule has 0 N–H and O–H groups in total. The Morgan fingerprint density at radius 2 is 1.40 bits per heavy atom. The summed E-state index contributed by atoms with van der Waals surface area (Å²) in [5, 5.41) is -2.17. The van der Waals surface area contributed by atoms with Crippen LogP contribution in [0.5, 0.6) is 0 Å². The van der Waals surface area contributed by atoms with Crippen molar-refractivity contribution < 1.29 is 33.0 Å². The van der Waals surface area contributed by atoms with Gasteiger partial charge in [-0.2, -0.15) is 4.90 Å². The molecule has 1 saturated carbocycles. The summed E-state index contributed by atoms with van der Waals surface area (Å²) in [6.07, 6.45) is -1.29. The number of halogens is 1. The number of alkyl halides is 1. The van der Waals surface area contributed by atoms with Gasteiger partial charge in [0.15, 0.2) is 5.00 Å². The number of hydrogen-bond acceptors (Lipinski definition) is 7. The van der Waals surface area contributed by atoms with Crippen LogP contribution in [0.3, 0.4) is 0 Å². The summed E-state index contributed by atoms with van der Waals surface area (Å²) in [6.45, 7) is 9.54. The van der Waals surface area contributed by atoms with Gasteiger partial charge in [0.25, 0.3) is 0 Å². The Morgan fingerprint density at radius 1 is 1.00 bits per heavy atom. The van der Waals surface area contributed by atoms with E-state index >= 15 is 4.39 Å². The van der Waals surface area contributed by atoms with E-state index in [0.29, 0.717) is 4.90 Å². The molecule has 1 fully saturated rings. The number of carbonyl (C=O) groups is 3. The molecule has 0 aromatic rings. The molecule has 9 heteroatoms. The number of esters is 1. The van der Waals surface area contributed by atoms with Gasteiger partial charge in [-0.15, -0.1) is 11.8 Å². The lowest BCUT2D eigenvalue weighted by atomic mass is 10.2. The molecule has 1 rings (SSSR count). The maximum absolute atomic E-state index is 15.0. The van der Waals surface area contributed by atoms with Gasteiger partial charge in [0.1, 0.15) is 11.2 Å². The first-order valence-electron chi connectivity index (χ1n) is 7.72. The molecule has 0 aromatic carbocycles. The highest BCUT2D eigenvalue weighted by Gasteiger charge is 2.81. The highest BCUT2D eigenvalue weighted by Crippen LogP contribution is 2.62. The van der Waals surface area contributed by atoms with Crippen molar-refractivity contribution in [2.24, 2.45) is 0 Å². The van der Waals surface area contributed by atoms with Crippen molar-refractivity contribution in [3.63, 3.8) is 0 Å². The molecule has 0 aliphatic heterocycles. The van der Waals surface area contributed by atoms with Gasteiger partial charge >= 0.3 is 18.2 Å². The van der Waals surface area contributed by atoms with Crippen LogP contribution in [-0.4, -0.2) is 58.2 Å². The van der Waals surface area contributed by atoms with Crippen molar-refractivity contribution in [3.05, 3.63) is 0 Å². The second-order valence-electron chi connectivity index (χ2n) is 7.76. The number of carbonyl (C=O) groups excluding carboxylic acids is 3. The average Bonchev–Trinajstić information content (AvgIpc) is 3.01. The number of rotatable bonds is 3. The van der Waals surface area contributed by atoms with Crippen LogP contribution in [0.25, 0.3) is 0 Å². The number of thioether (sulfide) groups is 1. The Morgan fingerprint density at radius 3 is 1.64 bits per heavy atom. The topological polar surface area (TPSA) is 82.1 Å². The lowest BCUT2D eigenvalue weighted by molar-refractivity contribution is -0.149. The Balaban J connectivity index is 3.37. The van der Waals surface area contributed by atoms with E-state index in [1.54, 1.807) is 41.5 Å². The van der Waals surface area contributed by atoms with Crippen molar-refractivity contribution in [1.29, 1.82) is 0 Å². The quantitative estimate of drug-likeness (QED) is 0.548. The summed E-state index contributed by atoms with van der Waals surface area (Å²) < 4.78 is 30.1. The molecule has 7 nitrogen and oxygen atoms in total. The van der Waals surface area contributed by atoms with Gasteiger partial charge in [-0.1, -0.05) is 0 Å². The Bertz CT molecular complexity index is 542. The van der Waals surface area contributed by atoms with E-state index < -0.39 is 46.3 Å². The maximum Gasteiger partial charge on any atom is 0.421 e. The van der Waals surface area contributed by atoms with E-state index in [-0.39, 0.29) is 0 Å². The lowest BCUT2D eigenvalue weighted by Gasteiger charge is -2.33. The maximum atomic E-state index is 15.0. The largest absolute Gasteiger partial charge is 0.467 e. The SMILES string of the molecule is COC(=O)[C@@]1(N(C(=O)OC(C)(C)C)C(=O)OC(C)(C)C)C[C@]1(F)SC. The van der Waals surface area contributed by atoms with Crippen molar-refractivity contribution in [2.45, 2.75) is 69.7 Å². The van der Waals surface area contributed by atoms with Gasteiger partial charge in [0, 0.05) is 6.42 Å². The molecule has 25 heavy (non-hydrogen) atoms. The summed E-state index contributed by atoms with van der Waals surface area (Å²) in [5.41, 5.74) is -4.03. The van der Waals surface area contributed by atoms with Gasteiger partial charge in [-0.3, -0.25) is 0 Å². The number of nitrogens with zero attached hydrogens (tertiary/aromatic N) is 1. The molecule has 0 heterocycles. The first kappa shape index (κ1) is 21.5. The molecule has 0 aromatic heterocycles. The Hall–Kier alpha value is -1.51. The summed E-state index contributed by atoms with van der Waals surface area (Å²) in [4.78, 5) is 38.0. The standard InChI is InChI=1S/C16H26FNO6S/c1-13(2,3)23-11(20)18(12(21)24-14(4,5)6)15(10(19)22-7)9-16(15,17)25-8/h9H2,1-8H3/t15-,16-/m0/s1. The van der Waals surface area contributed by atoms with Crippen molar-refractivity contribution in [3.8, 4) is 0 Å². The highest BCUT2D eigenvalue weighted by molar-refractivity contribution is 8.00. The smallest absolute Gasteiger partial charge is 0.421 e. The van der Waals surface area contributed by atoms with E-state index in [2.05, 4.69) is 4.74 Å². The van der Waals surface area contributed by atoms with Crippen LogP contribution in [0, 0.1) is 0 Å². The summed E-state index contributed by atoms with van der Waals surface area (Å²) in [5.74, 6) is -1.04. The van der Waals surface area contributed by atoms with E-state index in [1.165, 1.54) is 6.26 Å². The number of imide groups is 1. The molecule has 144 valence electrons. The van der Waals surface area contributed by atoms with Gasteiger partial charge < -0.3 is 14.2 Å². The van der Waals surface area contributed by atoms with Gasteiger partial charge in [0.05, 0.1) is 7.11 Å². The Kier molecular flexibility index (Phi) is 5.74. The van der Waals surface area contributed by atoms with Crippen LogP contribution in [0.1, 0.15) is 48.0 Å². The van der Waals surface area contributed by atoms with Crippen LogP contribution in [0.2, 0.25) is 0 Å². The zero-order valence-electron chi connectivity index (χ0n) is 15.9. The molecule has 0 saturated heterocycles. The summed E-state index contributed by atoms with van der Waals surface area (Å²) in [6, 6.07) is 0. The molecule has 0 radical (unpaired) electrons. The van der Waals surface area contributed by atoms with E-state index in [1.807, 2.05) is 0 Å². The van der Waals surface area contributed by atoms with E-state index in [4.69, 9.17) is 9.47 Å². The third-order valence-corrected chi connectivity index (χ3v) is 4.49. The van der Waals surface area contributed by atoms with Crippen LogP contribution >= 0.6 is 11.8 Å². The lowest BCUT2D eigenvalue weighted by Crippen LogP contribution is -2.56. The van der Waals surface area contributed by atoms with Crippen LogP contribution < -0.4 is 0 Å². The second-order valence-corrected chi connectivity index (χ2v) is 8.81. The first-order chi connectivity index (χ1) is 11.1. The number of amides is 2. The zero-order valence-corrected chi connectivity index (χ0v) is 16.7. The molecular weight excluding hydrogens is 353 g/mol. The first-order valence-corrected chi connectivity index (χ1v) is 8.95. The third-order valence-electron chi connectivity index (χ3n) is 3.36. The number of hydrogen-bond donors (Lipinski definition) is 0. The minimum absolute atomic E-state index is 0.397. The van der Waals surface area contributed by atoms with E-state index in [0.717, 1.165) is 18.9 Å². The fourth-order valence-electron chi connectivity index (χ4n) is 2.26.